The molecule has 0 bridgehead atoms. The molecule has 4 atom stereocenters. The molecule has 1 aromatic heterocycles. The van der Waals surface area contributed by atoms with Gasteiger partial charge in [-0.25, -0.2) is 4.39 Å². The zero-order valence-electron chi connectivity index (χ0n) is 25.5. The highest BCUT2D eigenvalue weighted by Crippen LogP contribution is 2.45. The molecule has 6 rings (SSSR count). The summed E-state index contributed by atoms with van der Waals surface area (Å²) in [5.41, 5.74) is 2.75. The number of rotatable bonds is 7. The summed E-state index contributed by atoms with van der Waals surface area (Å²) in [7, 11) is -2.81. The van der Waals surface area contributed by atoms with Crippen LogP contribution in [0.4, 0.5) is 10.1 Å². The van der Waals surface area contributed by atoms with Crippen LogP contribution < -0.4 is 10.6 Å². The van der Waals surface area contributed by atoms with Crippen molar-refractivity contribution in [2.24, 2.45) is 0 Å². The number of nitrogens with one attached hydrogen (secondary N) is 2. The second-order valence-corrected chi connectivity index (χ2v) is 13.9. The van der Waals surface area contributed by atoms with Gasteiger partial charge in [0.1, 0.15) is 12.1 Å². The highest BCUT2D eigenvalue weighted by atomic mass is 32.1. The van der Waals surface area contributed by atoms with Crippen molar-refractivity contribution < 1.29 is 33.4 Å². The van der Waals surface area contributed by atoms with Crippen molar-refractivity contribution in [2.75, 3.05) is 18.4 Å². The van der Waals surface area contributed by atoms with Crippen LogP contribution in [-0.4, -0.2) is 74.4 Å². The number of hydrogen-bond donors (Lipinski definition) is 4. The third kappa shape index (κ3) is 7.06. The third-order valence-electron chi connectivity index (χ3n) is 8.75. The Bertz CT molecular complexity index is 1800. The largest absolute Gasteiger partial charge is 0.348 e. The predicted molar refractivity (Wildman–Crippen MR) is 179 cm³/mol. The minimum atomic E-state index is -2.81. The van der Waals surface area contributed by atoms with Crippen LogP contribution in [-0.2, 0) is 14.4 Å². The van der Waals surface area contributed by atoms with Crippen LogP contribution in [0.1, 0.15) is 47.3 Å². The normalized spacial score (nSPS) is 20.4. The Morgan fingerprint density at radius 1 is 0.957 bits per heavy atom. The van der Waals surface area contributed by atoms with E-state index in [0.717, 1.165) is 22.5 Å². The average Bonchev–Trinajstić information content (AvgIpc) is 3.69. The molecule has 4 N–H and O–H groups in total. The van der Waals surface area contributed by atoms with Crippen LogP contribution in [0.5, 0.6) is 0 Å². The molecule has 47 heavy (non-hydrogen) atoms. The van der Waals surface area contributed by atoms with Crippen LogP contribution in [0.3, 0.4) is 0 Å². The Kier molecular flexibility index (Phi) is 9.65. The van der Waals surface area contributed by atoms with Crippen molar-refractivity contribution in [3.05, 3.63) is 89.3 Å². The Morgan fingerprint density at radius 3 is 2.38 bits per heavy atom. The minimum Gasteiger partial charge on any atom is -0.348 e. The van der Waals surface area contributed by atoms with Crippen LogP contribution in [0, 0.1) is 0 Å². The molecule has 13 heteroatoms. The van der Waals surface area contributed by atoms with Gasteiger partial charge in [-0.05, 0) is 71.7 Å². The SMILES string of the molecule is CC(=O)N1CC[C@H]2CC[C@@H](C(=O)Nc3ccc(-c4ccccc4)cc3)N2C(=O)[C@@H](NC(=O)c2cc3cc(C(F)P(O)O)ccc3s2)C1. The van der Waals surface area contributed by atoms with Crippen molar-refractivity contribution in [3.63, 3.8) is 0 Å². The van der Waals surface area contributed by atoms with Gasteiger partial charge in [-0.15, -0.1) is 11.3 Å². The van der Waals surface area contributed by atoms with Crippen molar-refractivity contribution in [1.82, 2.24) is 15.1 Å². The number of alkyl halides is 1. The lowest BCUT2D eigenvalue weighted by molar-refractivity contribution is -0.143. The van der Waals surface area contributed by atoms with Crippen LogP contribution in [0.25, 0.3) is 21.2 Å². The molecule has 4 amide bonds. The van der Waals surface area contributed by atoms with Crippen molar-refractivity contribution in [2.45, 2.75) is 50.2 Å². The Hall–Kier alpha value is -4.22. The van der Waals surface area contributed by atoms with E-state index in [2.05, 4.69) is 10.6 Å². The lowest BCUT2D eigenvalue weighted by Crippen LogP contribution is -2.60. The molecular formula is C34H34FN4O6PS. The maximum absolute atomic E-state index is 14.2. The van der Waals surface area contributed by atoms with Gasteiger partial charge in [-0.2, -0.15) is 0 Å². The van der Waals surface area contributed by atoms with Gasteiger partial charge in [0.2, 0.25) is 26.1 Å². The van der Waals surface area contributed by atoms with Crippen molar-refractivity contribution in [1.29, 1.82) is 0 Å². The smallest absolute Gasteiger partial charge is 0.262 e. The van der Waals surface area contributed by atoms with Crippen LogP contribution in [0.2, 0.25) is 0 Å². The summed E-state index contributed by atoms with van der Waals surface area (Å²) in [6, 6.07) is 21.3. The summed E-state index contributed by atoms with van der Waals surface area (Å²) >= 11 is 1.14. The van der Waals surface area contributed by atoms with E-state index in [-0.39, 0.29) is 34.8 Å². The number of hydrogen-bond acceptors (Lipinski definition) is 7. The fourth-order valence-corrected chi connectivity index (χ4v) is 7.69. The van der Waals surface area contributed by atoms with Gasteiger partial charge in [0.25, 0.3) is 5.91 Å². The number of benzene rings is 3. The topological polar surface area (TPSA) is 139 Å². The molecule has 2 saturated heterocycles. The molecule has 10 nitrogen and oxygen atoms in total. The quantitative estimate of drug-likeness (QED) is 0.199. The van der Waals surface area contributed by atoms with Gasteiger partial charge >= 0.3 is 0 Å². The first-order valence-electron chi connectivity index (χ1n) is 15.3. The highest BCUT2D eigenvalue weighted by molar-refractivity contribution is 7.45. The molecule has 2 aliphatic rings. The van der Waals surface area contributed by atoms with Gasteiger partial charge in [0, 0.05) is 36.4 Å². The molecule has 0 saturated carbocycles. The van der Waals surface area contributed by atoms with E-state index < -0.39 is 38.2 Å². The fourth-order valence-electron chi connectivity index (χ4n) is 6.31. The van der Waals surface area contributed by atoms with E-state index in [4.69, 9.17) is 0 Å². The maximum atomic E-state index is 14.2. The zero-order chi connectivity index (χ0) is 33.2. The summed E-state index contributed by atoms with van der Waals surface area (Å²) in [6.45, 7) is 1.75. The minimum absolute atomic E-state index is 0.0481. The number of nitrogens with zero attached hydrogens (tertiary/aromatic N) is 2. The lowest BCUT2D eigenvalue weighted by Gasteiger charge is -2.38. The van der Waals surface area contributed by atoms with Gasteiger partial charge < -0.3 is 30.2 Å². The summed E-state index contributed by atoms with van der Waals surface area (Å²) in [4.78, 5) is 75.7. The third-order valence-corrected chi connectivity index (χ3v) is 10.6. The number of halogens is 1. The summed E-state index contributed by atoms with van der Waals surface area (Å²) in [6.07, 6.45) is 1.55. The van der Waals surface area contributed by atoms with E-state index in [0.29, 0.717) is 41.6 Å². The summed E-state index contributed by atoms with van der Waals surface area (Å²) < 4.78 is 14.9. The van der Waals surface area contributed by atoms with Gasteiger partial charge in [0.05, 0.1) is 4.88 Å². The van der Waals surface area contributed by atoms with Gasteiger partial charge in [-0.1, -0.05) is 48.5 Å². The van der Waals surface area contributed by atoms with Crippen LogP contribution in [0.15, 0.2) is 78.9 Å². The molecule has 3 aromatic carbocycles. The Labute approximate surface area is 276 Å². The van der Waals surface area contributed by atoms with Crippen molar-refractivity contribution >= 4 is 59.1 Å². The van der Waals surface area contributed by atoms with E-state index in [1.165, 1.54) is 19.1 Å². The molecular weight excluding hydrogens is 642 g/mol. The molecule has 0 radical (unpaired) electrons. The van der Waals surface area contributed by atoms with Gasteiger partial charge in [-0.3, -0.25) is 19.2 Å². The Balaban J connectivity index is 1.20. The fraction of sp³-hybridized carbons (Fsp3) is 0.294. The summed E-state index contributed by atoms with van der Waals surface area (Å²) in [5, 5.41) is 6.30. The van der Waals surface area contributed by atoms with E-state index in [1.54, 1.807) is 21.9 Å². The summed E-state index contributed by atoms with van der Waals surface area (Å²) in [5.74, 6) is -3.46. The second-order valence-electron chi connectivity index (χ2n) is 11.8. The van der Waals surface area contributed by atoms with E-state index in [1.807, 2.05) is 54.6 Å². The molecule has 2 fully saturated rings. The zero-order valence-corrected chi connectivity index (χ0v) is 27.2. The number of carbonyl (C=O) groups excluding carboxylic acids is 4. The molecule has 1 unspecified atom stereocenters. The van der Waals surface area contributed by atoms with E-state index in [9.17, 15) is 33.4 Å². The predicted octanol–water partition coefficient (Wildman–Crippen LogP) is 5.18. The number of thiophene rings is 1. The first kappa shape index (κ1) is 32.7. The van der Waals surface area contributed by atoms with Crippen LogP contribution >= 0.6 is 19.7 Å². The molecule has 3 heterocycles. The first-order valence-corrected chi connectivity index (χ1v) is 17.4. The highest BCUT2D eigenvalue weighted by Gasteiger charge is 2.45. The van der Waals surface area contributed by atoms with Crippen molar-refractivity contribution in [3.8, 4) is 11.1 Å². The molecule has 2 aliphatic heterocycles. The molecule has 0 aliphatic carbocycles. The van der Waals surface area contributed by atoms with Gasteiger partial charge in [0.15, 0.2) is 5.91 Å². The lowest BCUT2D eigenvalue weighted by atomic mass is 10.1. The van der Waals surface area contributed by atoms with E-state index >= 15 is 0 Å². The second kappa shape index (κ2) is 13.9. The molecule has 0 spiro atoms. The Morgan fingerprint density at radius 2 is 1.68 bits per heavy atom. The number of amides is 4. The monoisotopic (exact) mass is 676 g/mol. The first-order chi connectivity index (χ1) is 22.6. The average molecular weight is 677 g/mol. The standard InChI is InChI=1S/C34H34FN4O6PS/c1-20(40)38-16-15-26-12-13-28(32(41)36-25-10-7-22(8-11-25)21-5-3-2-4-6-21)39(26)34(43)27(19-38)37-33(42)30-18-24-17-23(31(35)46(44)45)9-14-29(24)47-30/h2-11,14,17-18,26-28,31,44-45H,12-13,15-16,19H2,1H3,(H,36,41)(H,37,42)/t26-,27+,28+,31?/m1/s1. The molecule has 4 aromatic rings. The molecule has 244 valence electrons. The number of fused-ring (bicyclic) bond motifs is 2. The maximum Gasteiger partial charge on any atom is 0.262 e. The number of anilines is 1. The number of carbonyl (C=O) groups is 4.